The number of piperidine rings is 1. The van der Waals surface area contributed by atoms with Gasteiger partial charge in [-0.3, -0.25) is 9.59 Å². The number of ether oxygens (including phenoxy) is 2. The SMILES string of the molecule is COc1ccc(Oc2ccc(F)cc2C2NC(=O)CC(c3cc(Cl)ccc3F)C23C(=O)Nc2cc(Cl)ccc23)cc1. The van der Waals surface area contributed by atoms with Gasteiger partial charge in [-0.15, -0.1) is 0 Å². The lowest BCUT2D eigenvalue weighted by Gasteiger charge is -2.46. The number of methoxy groups -OCH3 is 1. The Morgan fingerprint density at radius 3 is 2.32 bits per heavy atom. The van der Waals surface area contributed by atoms with Gasteiger partial charge < -0.3 is 20.1 Å². The molecule has 2 heterocycles. The number of carbonyl (C=O) groups excluding carboxylic acids is 2. The van der Waals surface area contributed by atoms with Crippen molar-refractivity contribution in [1.82, 2.24) is 5.32 Å². The molecule has 41 heavy (non-hydrogen) atoms. The van der Waals surface area contributed by atoms with Gasteiger partial charge in [-0.1, -0.05) is 29.3 Å². The van der Waals surface area contributed by atoms with E-state index < -0.39 is 40.8 Å². The summed E-state index contributed by atoms with van der Waals surface area (Å²) in [6.45, 7) is 0. The van der Waals surface area contributed by atoms with Crippen LogP contribution in [0.15, 0.2) is 78.9 Å². The first-order valence-electron chi connectivity index (χ1n) is 12.7. The topological polar surface area (TPSA) is 76.7 Å². The molecule has 4 aromatic rings. The number of fused-ring (bicyclic) bond motifs is 2. The molecule has 4 aromatic carbocycles. The molecule has 10 heteroatoms. The van der Waals surface area contributed by atoms with Crippen LogP contribution in [0.4, 0.5) is 14.5 Å². The lowest BCUT2D eigenvalue weighted by atomic mass is 9.59. The van der Waals surface area contributed by atoms with Crippen molar-refractivity contribution in [1.29, 1.82) is 0 Å². The quantitative estimate of drug-likeness (QED) is 0.254. The molecule has 1 saturated heterocycles. The van der Waals surface area contributed by atoms with Gasteiger partial charge in [-0.05, 0) is 83.9 Å². The molecule has 0 aliphatic carbocycles. The monoisotopic (exact) mass is 594 g/mol. The van der Waals surface area contributed by atoms with E-state index in [2.05, 4.69) is 10.6 Å². The van der Waals surface area contributed by atoms with E-state index in [4.69, 9.17) is 32.7 Å². The fraction of sp³-hybridized carbons (Fsp3) is 0.161. The second-order valence-corrected chi connectivity index (χ2v) is 10.8. The molecular weight excluding hydrogens is 573 g/mol. The zero-order valence-corrected chi connectivity index (χ0v) is 23.0. The summed E-state index contributed by atoms with van der Waals surface area (Å²) in [5, 5.41) is 6.38. The van der Waals surface area contributed by atoms with E-state index >= 15 is 4.39 Å². The third kappa shape index (κ3) is 4.57. The molecule has 0 radical (unpaired) electrons. The Morgan fingerprint density at radius 2 is 1.56 bits per heavy atom. The third-order valence-electron chi connectivity index (χ3n) is 7.65. The van der Waals surface area contributed by atoms with Gasteiger partial charge in [-0.2, -0.15) is 0 Å². The second kappa shape index (κ2) is 10.4. The lowest BCUT2D eigenvalue weighted by molar-refractivity contribution is -0.131. The number of amides is 2. The zero-order valence-electron chi connectivity index (χ0n) is 21.5. The van der Waals surface area contributed by atoms with Crippen LogP contribution in [0.25, 0.3) is 0 Å². The maximum atomic E-state index is 15.5. The van der Waals surface area contributed by atoms with Crippen LogP contribution in [0, 0.1) is 11.6 Å². The highest BCUT2D eigenvalue weighted by Gasteiger charge is 2.62. The van der Waals surface area contributed by atoms with E-state index in [9.17, 15) is 14.0 Å². The van der Waals surface area contributed by atoms with Crippen molar-refractivity contribution in [3.8, 4) is 17.2 Å². The third-order valence-corrected chi connectivity index (χ3v) is 8.12. The van der Waals surface area contributed by atoms with Gasteiger partial charge in [0.2, 0.25) is 11.8 Å². The highest BCUT2D eigenvalue weighted by atomic mass is 35.5. The van der Waals surface area contributed by atoms with Crippen molar-refractivity contribution in [2.24, 2.45) is 0 Å². The molecule has 208 valence electrons. The molecule has 0 saturated carbocycles. The van der Waals surface area contributed by atoms with Crippen molar-refractivity contribution in [2.45, 2.75) is 23.8 Å². The van der Waals surface area contributed by atoms with Crippen LogP contribution >= 0.6 is 23.2 Å². The van der Waals surface area contributed by atoms with Crippen LogP contribution < -0.4 is 20.1 Å². The average molecular weight is 595 g/mol. The Bertz CT molecular complexity index is 1700. The Morgan fingerprint density at radius 1 is 0.854 bits per heavy atom. The predicted octanol–water partition coefficient (Wildman–Crippen LogP) is 7.31. The summed E-state index contributed by atoms with van der Waals surface area (Å²) in [6, 6.07) is 18.3. The van der Waals surface area contributed by atoms with Crippen molar-refractivity contribution >= 4 is 40.7 Å². The summed E-state index contributed by atoms with van der Waals surface area (Å²) in [5.74, 6) is -2.00. The number of benzene rings is 4. The number of halogens is 4. The standard InChI is InChI=1S/C31H22Cl2F2N2O4/c1-40-19-5-7-20(8-6-19)41-27-11-4-18(34)14-22(27)29-31(23-9-2-17(33)13-26(23)36-30(31)39)24(15-28(38)37-29)21-12-16(32)3-10-25(21)35/h2-14,24,29H,15H2,1H3,(H,36,39)(H,37,38). The van der Waals surface area contributed by atoms with Crippen LogP contribution in [-0.4, -0.2) is 18.9 Å². The van der Waals surface area contributed by atoms with Crippen LogP contribution in [0.3, 0.4) is 0 Å². The number of hydrogen-bond donors (Lipinski definition) is 2. The molecule has 2 amide bonds. The van der Waals surface area contributed by atoms with E-state index in [1.807, 2.05) is 0 Å². The summed E-state index contributed by atoms with van der Waals surface area (Å²) in [6.07, 6.45) is -0.229. The van der Waals surface area contributed by atoms with E-state index in [1.165, 1.54) is 43.5 Å². The van der Waals surface area contributed by atoms with Crippen LogP contribution in [0.5, 0.6) is 17.2 Å². The van der Waals surface area contributed by atoms with Gasteiger partial charge in [0, 0.05) is 33.6 Å². The van der Waals surface area contributed by atoms with Crippen LogP contribution in [-0.2, 0) is 15.0 Å². The highest BCUT2D eigenvalue weighted by Crippen LogP contribution is 2.59. The van der Waals surface area contributed by atoms with Crippen molar-refractivity contribution in [2.75, 3.05) is 12.4 Å². The van der Waals surface area contributed by atoms with E-state index in [0.717, 1.165) is 0 Å². The first-order chi connectivity index (χ1) is 19.7. The molecule has 0 aromatic heterocycles. The van der Waals surface area contributed by atoms with E-state index in [-0.39, 0.29) is 28.3 Å². The zero-order chi connectivity index (χ0) is 28.9. The van der Waals surface area contributed by atoms with Crippen LogP contribution in [0.1, 0.15) is 35.1 Å². The maximum absolute atomic E-state index is 15.5. The molecule has 3 atom stereocenters. The lowest BCUT2D eigenvalue weighted by Crippen LogP contribution is -2.57. The molecule has 2 aliphatic rings. The number of carbonyl (C=O) groups is 2. The Balaban J connectivity index is 1.59. The smallest absolute Gasteiger partial charge is 0.238 e. The van der Waals surface area contributed by atoms with Crippen LogP contribution in [0.2, 0.25) is 10.0 Å². The molecule has 1 spiro atoms. The molecule has 6 rings (SSSR count). The van der Waals surface area contributed by atoms with E-state index in [1.54, 1.807) is 42.5 Å². The van der Waals surface area contributed by atoms with Gasteiger partial charge in [0.15, 0.2) is 0 Å². The van der Waals surface area contributed by atoms with E-state index in [0.29, 0.717) is 27.8 Å². The van der Waals surface area contributed by atoms with Crippen molar-refractivity contribution in [3.05, 3.63) is 117 Å². The summed E-state index contributed by atoms with van der Waals surface area (Å²) >= 11 is 12.5. The molecule has 1 fully saturated rings. The molecule has 3 unspecified atom stereocenters. The Hall–Kier alpha value is -4.14. The molecule has 2 N–H and O–H groups in total. The number of anilines is 1. The number of rotatable bonds is 5. The minimum absolute atomic E-state index is 0.0873. The van der Waals surface area contributed by atoms with Gasteiger partial charge in [0.25, 0.3) is 0 Å². The summed E-state index contributed by atoms with van der Waals surface area (Å²) in [5.41, 5.74) is -0.458. The predicted molar refractivity (Wildman–Crippen MR) is 151 cm³/mol. The van der Waals surface area contributed by atoms with Crippen molar-refractivity contribution in [3.63, 3.8) is 0 Å². The fourth-order valence-electron chi connectivity index (χ4n) is 5.91. The summed E-state index contributed by atoms with van der Waals surface area (Å²) < 4.78 is 41.8. The van der Waals surface area contributed by atoms with Gasteiger partial charge >= 0.3 is 0 Å². The van der Waals surface area contributed by atoms with Gasteiger partial charge in [0.1, 0.15) is 34.3 Å². The molecule has 2 aliphatic heterocycles. The first kappa shape index (κ1) is 27.1. The molecule has 6 nitrogen and oxygen atoms in total. The summed E-state index contributed by atoms with van der Waals surface area (Å²) in [7, 11) is 1.54. The fourth-order valence-corrected chi connectivity index (χ4v) is 6.26. The normalized spacial score (nSPS) is 21.3. The molecular formula is C31H22Cl2F2N2O4. The second-order valence-electron chi connectivity index (χ2n) is 9.90. The maximum Gasteiger partial charge on any atom is 0.238 e. The number of hydrogen-bond acceptors (Lipinski definition) is 4. The van der Waals surface area contributed by atoms with Gasteiger partial charge in [0.05, 0.1) is 13.2 Å². The first-order valence-corrected chi connectivity index (χ1v) is 13.4. The largest absolute Gasteiger partial charge is 0.497 e. The van der Waals surface area contributed by atoms with Gasteiger partial charge in [-0.25, -0.2) is 8.78 Å². The molecule has 0 bridgehead atoms. The minimum Gasteiger partial charge on any atom is -0.497 e. The van der Waals surface area contributed by atoms with Crippen molar-refractivity contribution < 1.29 is 27.8 Å². The highest BCUT2D eigenvalue weighted by molar-refractivity contribution is 6.31. The minimum atomic E-state index is -1.62. The Kier molecular flexibility index (Phi) is 6.83. The Labute approximate surface area is 244 Å². The summed E-state index contributed by atoms with van der Waals surface area (Å²) in [4.78, 5) is 27.5. The number of nitrogens with one attached hydrogen (secondary N) is 2. The average Bonchev–Trinajstić information content (AvgIpc) is 3.23.